The van der Waals surface area contributed by atoms with Crippen molar-refractivity contribution in [1.29, 1.82) is 0 Å². The topological polar surface area (TPSA) is 84.5 Å². The van der Waals surface area contributed by atoms with Crippen molar-refractivity contribution in [1.82, 2.24) is 9.13 Å². The van der Waals surface area contributed by atoms with Gasteiger partial charge in [-0.15, -0.1) is 11.8 Å². The lowest BCUT2D eigenvalue weighted by Gasteiger charge is -2.16. The van der Waals surface area contributed by atoms with Gasteiger partial charge in [0.15, 0.2) is 0 Å². The van der Waals surface area contributed by atoms with E-state index < -0.39 is 24.0 Å². The van der Waals surface area contributed by atoms with Crippen LogP contribution in [0, 0.1) is 6.92 Å². The fourth-order valence-electron chi connectivity index (χ4n) is 2.30. The number of rotatable bonds is 4. The average Bonchev–Trinajstić information content (AvgIpc) is 2.80. The van der Waals surface area contributed by atoms with Gasteiger partial charge < -0.3 is 10.2 Å². The molecule has 0 amide bonds. The molecule has 0 aromatic carbocycles. The lowest BCUT2D eigenvalue weighted by atomic mass is 10.2. The first kappa shape index (κ1) is 15.3. The molecule has 8 heteroatoms. The van der Waals surface area contributed by atoms with E-state index in [1.165, 1.54) is 22.5 Å². The van der Waals surface area contributed by atoms with Gasteiger partial charge in [0, 0.05) is 18.2 Å². The summed E-state index contributed by atoms with van der Waals surface area (Å²) in [6.45, 7) is 0.313. The molecule has 6 nitrogen and oxygen atoms in total. The number of nitrogens with zero attached hydrogens (tertiary/aromatic N) is 2. The second-order valence-corrected chi connectivity index (χ2v) is 6.18. The number of hydrogen-bond donors (Lipinski definition) is 2. The summed E-state index contributed by atoms with van der Waals surface area (Å²) in [4.78, 5) is 24.0. The number of thioether (sulfide) groups is 1. The number of aliphatic hydroxyl groups excluding tert-OH is 2. The van der Waals surface area contributed by atoms with Gasteiger partial charge >= 0.3 is 5.69 Å². The summed E-state index contributed by atoms with van der Waals surface area (Å²) >= 11 is 1.28. The second-order valence-electron chi connectivity index (χ2n) is 4.76. The smallest absolute Gasteiger partial charge is 0.332 e. The van der Waals surface area contributed by atoms with Crippen molar-refractivity contribution in [3.05, 3.63) is 32.6 Å². The van der Waals surface area contributed by atoms with E-state index in [0.717, 1.165) is 4.57 Å². The number of aromatic nitrogens is 2. The van der Waals surface area contributed by atoms with Crippen LogP contribution in [0.25, 0.3) is 0 Å². The third-order valence-corrected chi connectivity index (χ3v) is 4.92. The first-order valence-corrected chi connectivity index (χ1v) is 7.26. The Bertz CT molecular complexity index is 600. The van der Waals surface area contributed by atoms with Crippen molar-refractivity contribution in [3.8, 4) is 0 Å². The van der Waals surface area contributed by atoms with E-state index >= 15 is 0 Å². The number of aliphatic hydroxyl groups is 2. The van der Waals surface area contributed by atoms with Gasteiger partial charge in [-0.2, -0.15) is 0 Å². The number of halogens is 1. The maximum Gasteiger partial charge on any atom is 0.332 e. The predicted octanol–water partition coefficient (Wildman–Crippen LogP) is -0.355. The zero-order chi connectivity index (χ0) is 14.9. The Hall–Kier alpha value is -1.12. The van der Waals surface area contributed by atoms with E-state index in [4.69, 9.17) is 5.11 Å². The fraction of sp³-hybridized carbons (Fsp3) is 0.667. The molecular weight excluding hydrogens is 287 g/mol. The van der Waals surface area contributed by atoms with Crippen molar-refractivity contribution < 1.29 is 14.6 Å². The van der Waals surface area contributed by atoms with Gasteiger partial charge in [0.05, 0.1) is 29.9 Å². The Morgan fingerprint density at radius 3 is 2.75 bits per heavy atom. The molecule has 1 aliphatic rings. The highest BCUT2D eigenvalue weighted by molar-refractivity contribution is 8.00. The standard InChI is InChI=1S/C12H17FN2O4S/c1-7-5-15(10-4-8(17)9(6-16)20-10)12(19)14(3-2-13)11(7)18/h5,8-10,16-17H,2-4,6H2,1H3/t8-,9+,10?/m0/s1. The van der Waals surface area contributed by atoms with Crippen LogP contribution in [0.4, 0.5) is 4.39 Å². The van der Waals surface area contributed by atoms with Crippen LogP contribution < -0.4 is 11.2 Å². The molecule has 0 bridgehead atoms. The largest absolute Gasteiger partial charge is 0.395 e. The Kier molecular flexibility index (Phi) is 4.66. The molecule has 112 valence electrons. The van der Waals surface area contributed by atoms with Crippen LogP contribution >= 0.6 is 11.8 Å². The Balaban J connectivity index is 2.43. The monoisotopic (exact) mass is 304 g/mol. The quantitative estimate of drug-likeness (QED) is 0.794. The minimum absolute atomic E-state index is 0.180. The minimum atomic E-state index is -0.793. The van der Waals surface area contributed by atoms with Crippen molar-refractivity contribution in [2.24, 2.45) is 0 Å². The van der Waals surface area contributed by atoms with Gasteiger partial charge in [0.2, 0.25) is 0 Å². The summed E-state index contributed by atoms with van der Waals surface area (Å²) in [6, 6.07) is 0. The third-order valence-electron chi connectivity index (χ3n) is 3.37. The number of alkyl halides is 1. The van der Waals surface area contributed by atoms with Crippen LogP contribution in [0.5, 0.6) is 0 Å². The predicted molar refractivity (Wildman–Crippen MR) is 73.8 cm³/mol. The molecule has 3 atom stereocenters. The molecule has 20 heavy (non-hydrogen) atoms. The first-order valence-electron chi connectivity index (χ1n) is 6.32. The number of aryl methyl sites for hydroxylation is 1. The highest BCUT2D eigenvalue weighted by Crippen LogP contribution is 2.40. The third kappa shape index (κ3) is 2.68. The van der Waals surface area contributed by atoms with Gasteiger partial charge in [0.1, 0.15) is 6.67 Å². The van der Waals surface area contributed by atoms with Crippen LogP contribution in [0.15, 0.2) is 15.8 Å². The molecule has 1 saturated heterocycles. The van der Waals surface area contributed by atoms with E-state index in [2.05, 4.69) is 0 Å². The van der Waals surface area contributed by atoms with Crippen molar-refractivity contribution in [2.45, 2.75) is 36.6 Å². The van der Waals surface area contributed by atoms with E-state index in [-0.39, 0.29) is 23.8 Å². The molecule has 1 unspecified atom stereocenters. The summed E-state index contributed by atoms with van der Waals surface area (Å²) in [7, 11) is 0. The molecule has 2 heterocycles. The van der Waals surface area contributed by atoms with Gasteiger partial charge in [-0.25, -0.2) is 9.18 Å². The van der Waals surface area contributed by atoms with Gasteiger partial charge in [-0.1, -0.05) is 0 Å². The van der Waals surface area contributed by atoms with Crippen LogP contribution in [0.2, 0.25) is 0 Å². The van der Waals surface area contributed by atoms with Crippen LogP contribution in [0.1, 0.15) is 17.4 Å². The van der Waals surface area contributed by atoms with Gasteiger partial charge in [-0.3, -0.25) is 13.9 Å². The fourth-order valence-corrected chi connectivity index (χ4v) is 3.67. The Morgan fingerprint density at radius 1 is 1.50 bits per heavy atom. The molecule has 0 spiro atoms. The first-order chi connectivity index (χ1) is 9.49. The Morgan fingerprint density at radius 2 is 2.20 bits per heavy atom. The molecule has 0 radical (unpaired) electrons. The summed E-state index contributed by atoms with van der Waals surface area (Å²) < 4.78 is 14.7. The van der Waals surface area contributed by atoms with E-state index in [1.807, 2.05) is 0 Å². The molecule has 2 N–H and O–H groups in total. The summed E-state index contributed by atoms with van der Waals surface area (Å²) in [6.07, 6.45) is 1.04. The normalized spacial score (nSPS) is 26.1. The lowest BCUT2D eigenvalue weighted by Crippen LogP contribution is -2.41. The summed E-state index contributed by atoms with van der Waals surface area (Å²) in [5.41, 5.74) is -0.728. The Labute approximate surface area is 118 Å². The van der Waals surface area contributed by atoms with Gasteiger partial charge in [-0.05, 0) is 6.92 Å². The SMILES string of the molecule is Cc1cn(C2C[C@H](O)[C@@H](CO)S2)c(=O)n(CCF)c1=O. The summed E-state index contributed by atoms with van der Waals surface area (Å²) in [5.74, 6) is 0. The molecular formula is C12H17FN2O4S. The highest BCUT2D eigenvalue weighted by Gasteiger charge is 2.35. The molecule has 2 rings (SSSR count). The maximum absolute atomic E-state index is 12.5. The van der Waals surface area contributed by atoms with Crippen molar-refractivity contribution in [2.75, 3.05) is 13.3 Å². The van der Waals surface area contributed by atoms with Crippen molar-refractivity contribution >= 4 is 11.8 Å². The van der Waals surface area contributed by atoms with Gasteiger partial charge in [0.25, 0.3) is 5.56 Å². The molecule has 1 aromatic heterocycles. The molecule has 0 aliphatic carbocycles. The maximum atomic E-state index is 12.5. The summed E-state index contributed by atoms with van der Waals surface area (Å²) in [5, 5.41) is 18.2. The molecule has 1 aromatic rings. The minimum Gasteiger partial charge on any atom is -0.395 e. The van der Waals surface area contributed by atoms with Crippen LogP contribution in [0.3, 0.4) is 0 Å². The number of hydrogen-bond acceptors (Lipinski definition) is 5. The molecule has 1 fully saturated rings. The zero-order valence-electron chi connectivity index (χ0n) is 11.0. The van der Waals surface area contributed by atoms with E-state index in [9.17, 15) is 19.1 Å². The average molecular weight is 304 g/mol. The zero-order valence-corrected chi connectivity index (χ0v) is 11.8. The molecule has 1 aliphatic heterocycles. The van der Waals surface area contributed by atoms with Crippen molar-refractivity contribution in [3.63, 3.8) is 0 Å². The molecule has 0 saturated carbocycles. The highest BCUT2D eigenvalue weighted by atomic mass is 32.2. The lowest BCUT2D eigenvalue weighted by molar-refractivity contribution is 0.137. The van der Waals surface area contributed by atoms with E-state index in [1.54, 1.807) is 6.92 Å². The van der Waals surface area contributed by atoms with Crippen LogP contribution in [-0.4, -0.2) is 44.0 Å². The second kappa shape index (κ2) is 6.11. The van der Waals surface area contributed by atoms with Crippen LogP contribution in [-0.2, 0) is 6.54 Å². The van der Waals surface area contributed by atoms with E-state index in [0.29, 0.717) is 12.0 Å².